The second-order valence-corrected chi connectivity index (χ2v) is 8.90. The normalized spacial score (nSPS) is 12.5. The summed E-state index contributed by atoms with van der Waals surface area (Å²) >= 11 is 0. The molecule has 4 aromatic carbocycles. The molecular weight excluding hydrogens is 416 g/mol. The van der Waals surface area contributed by atoms with Crippen molar-refractivity contribution < 1.29 is 4.79 Å². The van der Waals surface area contributed by atoms with Gasteiger partial charge in [0.15, 0.2) is 0 Å². The van der Waals surface area contributed by atoms with E-state index in [-0.39, 0.29) is 17.9 Å². The van der Waals surface area contributed by atoms with E-state index in [1.165, 1.54) is 11.1 Å². The Bertz CT molecular complexity index is 1110. The Labute approximate surface area is 202 Å². The molecule has 0 amide bonds. The van der Waals surface area contributed by atoms with Gasteiger partial charge in [0, 0.05) is 24.2 Å². The molecule has 2 atom stereocenters. The standard InChI is InChI=1S/C31H32N2O/c1-23-11-9-17-27(19-23)32-30(25-13-5-3-6-14-25)21-29(34)22-31(26-15-7-4-8-16-26)33-28-18-10-12-24(2)20-28/h3-20,30-33H,21-22H2,1-2H3. The number of carbonyl (C=O) groups is 1. The molecule has 2 N–H and O–H groups in total. The molecule has 0 aliphatic heterocycles. The first kappa shape index (κ1) is 23.3. The number of nitrogens with one attached hydrogen (secondary N) is 2. The highest BCUT2D eigenvalue weighted by Crippen LogP contribution is 2.28. The first-order valence-electron chi connectivity index (χ1n) is 11.8. The molecule has 4 aromatic rings. The van der Waals surface area contributed by atoms with Crippen LogP contribution in [0.1, 0.15) is 47.2 Å². The minimum Gasteiger partial charge on any atom is -0.378 e. The van der Waals surface area contributed by atoms with Gasteiger partial charge in [-0.2, -0.15) is 0 Å². The van der Waals surface area contributed by atoms with E-state index in [4.69, 9.17) is 0 Å². The topological polar surface area (TPSA) is 41.1 Å². The van der Waals surface area contributed by atoms with Gasteiger partial charge >= 0.3 is 0 Å². The quantitative estimate of drug-likeness (QED) is 0.262. The lowest BCUT2D eigenvalue weighted by Crippen LogP contribution is -2.20. The minimum absolute atomic E-state index is 0.0918. The van der Waals surface area contributed by atoms with Crippen LogP contribution in [0.4, 0.5) is 11.4 Å². The summed E-state index contributed by atoms with van der Waals surface area (Å²) in [5, 5.41) is 7.19. The second-order valence-electron chi connectivity index (χ2n) is 8.90. The summed E-state index contributed by atoms with van der Waals surface area (Å²) < 4.78 is 0. The van der Waals surface area contributed by atoms with Crippen LogP contribution in [0.5, 0.6) is 0 Å². The van der Waals surface area contributed by atoms with Gasteiger partial charge in [-0.1, -0.05) is 84.9 Å². The van der Waals surface area contributed by atoms with Gasteiger partial charge < -0.3 is 10.6 Å². The van der Waals surface area contributed by atoms with Crippen molar-refractivity contribution in [2.45, 2.75) is 38.8 Å². The molecule has 0 fully saturated rings. The number of hydrogen-bond acceptors (Lipinski definition) is 3. The SMILES string of the molecule is Cc1cccc(NC(CC(=O)CC(Nc2cccc(C)c2)c2ccccc2)c2ccccc2)c1. The molecule has 3 nitrogen and oxygen atoms in total. The molecule has 172 valence electrons. The van der Waals surface area contributed by atoms with Gasteiger partial charge in [0.05, 0.1) is 12.1 Å². The number of Topliss-reactive ketones (excluding diaryl/α,β-unsaturated/α-hetero) is 1. The predicted octanol–water partition coefficient (Wildman–Crippen LogP) is 7.66. The molecular formula is C31H32N2O. The third-order valence-electron chi connectivity index (χ3n) is 5.99. The maximum atomic E-state index is 13.4. The molecule has 34 heavy (non-hydrogen) atoms. The van der Waals surface area contributed by atoms with Crippen LogP contribution >= 0.6 is 0 Å². The summed E-state index contributed by atoms with van der Waals surface area (Å²) in [4.78, 5) is 13.4. The van der Waals surface area contributed by atoms with E-state index in [0.717, 1.165) is 22.5 Å². The molecule has 0 aromatic heterocycles. The lowest BCUT2D eigenvalue weighted by molar-refractivity contribution is -0.119. The van der Waals surface area contributed by atoms with Crippen LogP contribution in [0.15, 0.2) is 109 Å². The fraction of sp³-hybridized carbons (Fsp3) is 0.194. The maximum Gasteiger partial charge on any atom is 0.137 e. The largest absolute Gasteiger partial charge is 0.378 e. The molecule has 0 aliphatic rings. The Morgan fingerprint density at radius 2 is 1.00 bits per heavy atom. The molecule has 0 radical (unpaired) electrons. The zero-order chi connectivity index (χ0) is 23.8. The Hall–Kier alpha value is -3.85. The van der Waals surface area contributed by atoms with Crippen LogP contribution in [0.25, 0.3) is 0 Å². The van der Waals surface area contributed by atoms with E-state index in [9.17, 15) is 4.79 Å². The van der Waals surface area contributed by atoms with Crippen LogP contribution in [0, 0.1) is 13.8 Å². The van der Waals surface area contributed by atoms with Crippen molar-refractivity contribution in [2.75, 3.05) is 10.6 Å². The Balaban J connectivity index is 1.53. The lowest BCUT2D eigenvalue weighted by atomic mass is 9.95. The summed E-state index contributed by atoms with van der Waals surface area (Å²) in [5.41, 5.74) is 6.66. The molecule has 0 saturated carbocycles. The molecule has 4 rings (SSSR count). The van der Waals surface area contributed by atoms with Crippen LogP contribution in [0.2, 0.25) is 0 Å². The van der Waals surface area contributed by atoms with Gasteiger partial charge in [-0.15, -0.1) is 0 Å². The van der Waals surface area contributed by atoms with Gasteiger partial charge in [-0.3, -0.25) is 4.79 Å². The number of ketones is 1. The molecule has 0 aliphatic carbocycles. The molecule has 0 bridgehead atoms. The van der Waals surface area contributed by atoms with E-state index < -0.39 is 0 Å². The highest BCUT2D eigenvalue weighted by atomic mass is 16.1. The second kappa shape index (κ2) is 11.3. The molecule has 0 heterocycles. The van der Waals surface area contributed by atoms with Gasteiger partial charge in [-0.25, -0.2) is 0 Å². The van der Waals surface area contributed by atoms with Gasteiger partial charge in [0.2, 0.25) is 0 Å². The molecule has 3 heteroatoms. The first-order chi connectivity index (χ1) is 16.6. The molecule has 2 unspecified atom stereocenters. The monoisotopic (exact) mass is 448 g/mol. The van der Waals surface area contributed by atoms with Crippen molar-refractivity contribution in [3.8, 4) is 0 Å². The van der Waals surface area contributed by atoms with E-state index in [1.54, 1.807) is 0 Å². The van der Waals surface area contributed by atoms with Gasteiger partial charge in [0.25, 0.3) is 0 Å². The minimum atomic E-state index is -0.0918. The van der Waals surface area contributed by atoms with Crippen molar-refractivity contribution in [3.05, 3.63) is 131 Å². The maximum absolute atomic E-state index is 13.4. The third-order valence-corrected chi connectivity index (χ3v) is 5.99. The lowest BCUT2D eigenvalue weighted by Gasteiger charge is -2.23. The number of hydrogen-bond donors (Lipinski definition) is 2. The zero-order valence-electron chi connectivity index (χ0n) is 19.9. The van der Waals surface area contributed by atoms with E-state index in [0.29, 0.717) is 12.8 Å². The fourth-order valence-corrected chi connectivity index (χ4v) is 4.29. The van der Waals surface area contributed by atoms with Crippen molar-refractivity contribution in [3.63, 3.8) is 0 Å². The first-order valence-corrected chi connectivity index (χ1v) is 11.8. The van der Waals surface area contributed by atoms with Crippen molar-refractivity contribution in [1.82, 2.24) is 0 Å². The Morgan fingerprint density at radius 1 is 0.588 bits per heavy atom. The Morgan fingerprint density at radius 3 is 1.38 bits per heavy atom. The summed E-state index contributed by atoms with van der Waals surface area (Å²) in [5.74, 6) is 0.211. The number of benzene rings is 4. The summed E-state index contributed by atoms with van der Waals surface area (Å²) in [6.45, 7) is 4.16. The number of rotatable bonds is 10. The van der Waals surface area contributed by atoms with E-state index >= 15 is 0 Å². The molecule has 0 saturated heterocycles. The summed E-state index contributed by atoms with van der Waals surface area (Å²) in [6.07, 6.45) is 0.827. The van der Waals surface area contributed by atoms with Gasteiger partial charge in [-0.05, 0) is 60.4 Å². The average molecular weight is 449 g/mol. The van der Waals surface area contributed by atoms with Gasteiger partial charge in [0.1, 0.15) is 5.78 Å². The summed E-state index contributed by atoms with van der Waals surface area (Å²) in [6, 6.07) is 36.8. The van der Waals surface area contributed by atoms with Crippen molar-refractivity contribution in [1.29, 1.82) is 0 Å². The highest BCUT2D eigenvalue weighted by Gasteiger charge is 2.21. The number of carbonyl (C=O) groups excluding carboxylic acids is 1. The van der Waals surface area contributed by atoms with Crippen LogP contribution in [-0.4, -0.2) is 5.78 Å². The highest BCUT2D eigenvalue weighted by molar-refractivity contribution is 5.81. The number of anilines is 2. The van der Waals surface area contributed by atoms with Crippen LogP contribution in [-0.2, 0) is 4.79 Å². The smallest absolute Gasteiger partial charge is 0.137 e. The third kappa shape index (κ3) is 6.58. The van der Waals surface area contributed by atoms with Crippen LogP contribution in [0.3, 0.4) is 0 Å². The zero-order valence-corrected chi connectivity index (χ0v) is 19.9. The van der Waals surface area contributed by atoms with Crippen LogP contribution < -0.4 is 10.6 Å². The predicted molar refractivity (Wildman–Crippen MR) is 142 cm³/mol. The fourth-order valence-electron chi connectivity index (χ4n) is 4.29. The van der Waals surface area contributed by atoms with E-state index in [1.807, 2.05) is 48.5 Å². The van der Waals surface area contributed by atoms with E-state index in [2.05, 4.69) is 85.1 Å². The Kier molecular flexibility index (Phi) is 7.77. The average Bonchev–Trinajstić information content (AvgIpc) is 2.84. The van der Waals surface area contributed by atoms with Crippen molar-refractivity contribution in [2.24, 2.45) is 0 Å². The molecule has 0 spiro atoms. The summed E-state index contributed by atoms with van der Waals surface area (Å²) in [7, 11) is 0. The van der Waals surface area contributed by atoms with Crippen molar-refractivity contribution >= 4 is 17.2 Å². The number of aryl methyl sites for hydroxylation is 2.